The molecule has 0 aliphatic carbocycles. The fraction of sp³-hybridized carbons (Fsp3) is 0.429. The van der Waals surface area contributed by atoms with Gasteiger partial charge >= 0.3 is 0 Å². The van der Waals surface area contributed by atoms with Crippen molar-refractivity contribution in [2.24, 2.45) is 18.7 Å². The minimum absolute atomic E-state index is 0.000700. The third-order valence-corrected chi connectivity index (χ3v) is 4.75. The van der Waals surface area contributed by atoms with Crippen molar-refractivity contribution in [1.29, 1.82) is 0 Å². The third kappa shape index (κ3) is 3.44. The molecule has 3 aromatic rings. The molecular weight excluding hydrogens is 326 g/mol. The first-order valence-electron chi connectivity index (χ1n) is 9.06. The number of hydrogen-bond donors (Lipinski definition) is 1. The molecule has 0 fully saturated rings. The lowest BCUT2D eigenvalue weighted by Gasteiger charge is -2.18. The number of nitrogens with zero attached hydrogens (tertiary/aromatic N) is 2. The van der Waals surface area contributed by atoms with Crippen LogP contribution < -0.4 is 16.0 Å². The zero-order chi connectivity index (χ0) is 19.0. The molecule has 0 saturated carbocycles. The second kappa shape index (κ2) is 7.08. The molecule has 5 nitrogen and oxygen atoms in total. The predicted molar refractivity (Wildman–Crippen MR) is 107 cm³/mol. The van der Waals surface area contributed by atoms with Gasteiger partial charge in [0.1, 0.15) is 12.4 Å². The maximum Gasteiger partial charge on any atom is 0.260 e. The van der Waals surface area contributed by atoms with Crippen molar-refractivity contribution in [2.45, 2.75) is 40.2 Å². The summed E-state index contributed by atoms with van der Waals surface area (Å²) >= 11 is 0. The monoisotopic (exact) mass is 353 g/mol. The average Bonchev–Trinajstić information content (AvgIpc) is 2.57. The van der Waals surface area contributed by atoms with Gasteiger partial charge in [-0.3, -0.25) is 9.78 Å². The number of nitrogens with two attached hydrogens (primary N) is 1. The van der Waals surface area contributed by atoms with Gasteiger partial charge in [0.05, 0.1) is 10.9 Å². The first-order valence-corrected chi connectivity index (χ1v) is 9.06. The summed E-state index contributed by atoms with van der Waals surface area (Å²) in [7, 11) is 1.79. The summed E-state index contributed by atoms with van der Waals surface area (Å²) in [6.07, 6.45) is 2.58. The maximum absolute atomic E-state index is 12.7. The largest absolute Gasteiger partial charge is 0.492 e. The number of fused-ring (bicyclic) bond motifs is 3. The first-order chi connectivity index (χ1) is 12.3. The molecule has 2 N–H and O–H groups in total. The zero-order valence-electron chi connectivity index (χ0n) is 16.2. The van der Waals surface area contributed by atoms with E-state index >= 15 is 0 Å². The smallest absolute Gasteiger partial charge is 0.260 e. The Balaban J connectivity index is 2.09. The van der Waals surface area contributed by atoms with Crippen molar-refractivity contribution < 1.29 is 4.74 Å². The highest BCUT2D eigenvalue weighted by Crippen LogP contribution is 2.29. The molecule has 138 valence electrons. The molecule has 0 radical (unpaired) electrons. The Labute approximate surface area is 153 Å². The summed E-state index contributed by atoms with van der Waals surface area (Å²) in [4.78, 5) is 17.0. The second-order valence-corrected chi connectivity index (χ2v) is 7.57. The minimum Gasteiger partial charge on any atom is -0.492 e. The van der Waals surface area contributed by atoms with E-state index in [1.807, 2.05) is 26.0 Å². The SMILES string of the molecule is Cc1cc2c(cn1)c(=O)n(C)c1cc(OC[C@@H](N)CC(C)C)c(C)cc21. The Morgan fingerprint density at radius 1 is 1.15 bits per heavy atom. The normalized spacial score (nSPS) is 12.9. The van der Waals surface area contributed by atoms with Gasteiger partial charge in [0.2, 0.25) is 0 Å². The highest BCUT2D eigenvalue weighted by atomic mass is 16.5. The van der Waals surface area contributed by atoms with Crippen LogP contribution in [-0.2, 0) is 7.05 Å². The van der Waals surface area contributed by atoms with Crippen molar-refractivity contribution in [2.75, 3.05) is 6.61 Å². The number of ether oxygens (including phenoxy) is 1. The predicted octanol–water partition coefficient (Wildman–Crippen LogP) is 3.46. The molecule has 3 rings (SSSR count). The summed E-state index contributed by atoms with van der Waals surface area (Å²) in [5.41, 5.74) is 8.87. The lowest BCUT2D eigenvalue weighted by Crippen LogP contribution is -2.29. The number of benzene rings is 1. The van der Waals surface area contributed by atoms with E-state index in [1.54, 1.807) is 17.8 Å². The summed E-state index contributed by atoms with van der Waals surface area (Å²) < 4.78 is 7.65. The molecule has 0 amide bonds. The lowest BCUT2D eigenvalue weighted by atomic mass is 10.0. The topological polar surface area (TPSA) is 70.1 Å². The highest BCUT2D eigenvalue weighted by Gasteiger charge is 2.13. The van der Waals surface area contributed by atoms with Crippen LogP contribution in [0.4, 0.5) is 0 Å². The van der Waals surface area contributed by atoms with E-state index in [0.29, 0.717) is 17.9 Å². The Morgan fingerprint density at radius 3 is 2.58 bits per heavy atom. The van der Waals surface area contributed by atoms with E-state index in [2.05, 4.69) is 24.9 Å². The molecule has 0 aliphatic rings. The molecule has 0 unspecified atom stereocenters. The van der Waals surface area contributed by atoms with Gasteiger partial charge in [-0.25, -0.2) is 0 Å². The van der Waals surface area contributed by atoms with Crippen molar-refractivity contribution in [3.8, 4) is 5.75 Å². The Bertz CT molecular complexity index is 1020. The van der Waals surface area contributed by atoms with Gasteiger partial charge in [-0.05, 0) is 49.3 Å². The Morgan fingerprint density at radius 2 is 1.88 bits per heavy atom. The Kier molecular flexibility index (Phi) is 5.01. The third-order valence-electron chi connectivity index (χ3n) is 4.75. The van der Waals surface area contributed by atoms with E-state index in [9.17, 15) is 4.79 Å². The number of aryl methyl sites for hydroxylation is 3. The van der Waals surface area contributed by atoms with E-state index < -0.39 is 0 Å². The number of hydrogen-bond acceptors (Lipinski definition) is 4. The van der Waals surface area contributed by atoms with Gasteiger partial charge in [-0.15, -0.1) is 0 Å². The highest BCUT2D eigenvalue weighted by molar-refractivity contribution is 6.06. The number of aromatic nitrogens is 2. The molecule has 0 bridgehead atoms. The van der Waals surface area contributed by atoms with Crippen LogP contribution in [0.25, 0.3) is 21.7 Å². The molecule has 1 aromatic carbocycles. The number of pyridine rings is 2. The molecule has 1 atom stereocenters. The van der Waals surface area contributed by atoms with Gasteiger partial charge in [0.25, 0.3) is 5.56 Å². The molecule has 2 heterocycles. The lowest BCUT2D eigenvalue weighted by molar-refractivity contribution is 0.270. The molecule has 2 aromatic heterocycles. The van der Waals surface area contributed by atoms with E-state index in [4.69, 9.17) is 10.5 Å². The summed E-state index contributed by atoms with van der Waals surface area (Å²) in [6, 6.07) is 6.00. The summed E-state index contributed by atoms with van der Waals surface area (Å²) in [5.74, 6) is 1.31. The van der Waals surface area contributed by atoms with E-state index in [1.165, 1.54) is 0 Å². The Hall–Kier alpha value is -2.40. The van der Waals surface area contributed by atoms with Crippen LogP contribution in [0.1, 0.15) is 31.5 Å². The van der Waals surface area contributed by atoms with Crippen molar-refractivity contribution in [3.05, 3.63) is 46.0 Å². The zero-order valence-corrected chi connectivity index (χ0v) is 16.2. The molecule has 26 heavy (non-hydrogen) atoms. The second-order valence-electron chi connectivity index (χ2n) is 7.57. The van der Waals surface area contributed by atoms with Crippen molar-refractivity contribution in [3.63, 3.8) is 0 Å². The van der Waals surface area contributed by atoms with Crippen molar-refractivity contribution >= 4 is 21.7 Å². The molecule has 0 aliphatic heterocycles. The van der Waals surface area contributed by atoms with Gasteiger partial charge in [-0.2, -0.15) is 0 Å². The van der Waals surface area contributed by atoms with E-state index in [0.717, 1.165) is 39.7 Å². The van der Waals surface area contributed by atoms with Crippen LogP contribution in [0.2, 0.25) is 0 Å². The number of rotatable bonds is 5. The van der Waals surface area contributed by atoms with Crippen LogP contribution in [0.5, 0.6) is 5.75 Å². The molecule has 0 spiro atoms. The van der Waals surface area contributed by atoms with Gasteiger partial charge in [-0.1, -0.05) is 13.8 Å². The molecular formula is C21H27N3O2. The molecule has 5 heteroatoms. The van der Waals surface area contributed by atoms with Crippen LogP contribution in [-0.4, -0.2) is 22.2 Å². The standard InChI is InChI=1S/C21H27N3O2/c1-12(2)6-15(22)11-26-20-9-19-17(7-13(20)3)16-8-14(4)23-10-18(16)21(25)24(19)5/h7-10,12,15H,6,11,22H2,1-5H3/t15-/m0/s1. The van der Waals surface area contributed by atoms with Gasteiger partial charge < -0.3 is 15.0 Å². The minimum atomic E-state index is -0.0497. The van der Waals surface area contributed by atoms with Crippen LogP contribution in [0.15, 0.2) is 29.2 Å². The summed E-state index contributed by atoms with van der Waals surface area (Å²) in [6.45, 7) is 8.73. The first kappa shape index (κ1) is 18.4. The molecule has 0 saturated heterocycles. The van der Waals surface area contributed by atoms with Crippen LogP contribution >= 0.6 is 0 Å². The van der Waals surface area contributed by atoms with Gasteiger partial charge in [0.15, 0.2) is 0 Å². The van der Waals surface area contributed by atoms with E-state index in [-0.39, 0.29) is 11.6 Å². The quantitative estimate of drug-likeness (QED) is 0.713. The average molecular weight is 353 g/mol. The summed E-state index contributed by atoms with van der Waals surface area (Å²) in [5, 5.41) is 2.60. The van der Waals surface area contributed by atoms with Crippen LogP contribution in [0, 0.1) is 19.8 Å². The maximum atomic E-state index is 12.7. The van der Waals surface area contributed by atoms with Gasteiger partial charge in [0, 0.05) is 36.4 Å². The fourth-order valence-corrected chi connectivity index (χ4v) is 3.44. The van der Waals surface area contributed by atoms with Crippen molar-refractivity contribution in [1.82, 2.24) is 9.55 Å². The van der Waals surface area contributed by atoms with Crippen LogP contribution in [0.3, 0.4) is 0 Å². The fourth-order valence-electron chi connectivity index (χ4n) is 3.44.